The van der Waals surface area contributed by atoms with Gasteiger partial charge in [-0.2, -0.15) is 0 Å². The van der Waals surface area contributed by atoms with E-state index in [0.717, 1.165) is 65.6 Å². The summed E-state index contributed by atoms with van der Waals surface area (Å²) in [6, 6.07) is 10.0. The minimum atomic E-state index is -0.742. The molecule has 1 spiro atoms. The molecule has 3 aliphatic rings. The molecular weight excluding hydrogens is 663 g/mol. The fourth-order valence-corrected chi connectivity index (χ4v) is 8.22. The molecule has 2 atom stereocenters. The number of nitrogens with zero attached hydrogens (tertiary/aromatic N) is 4. The first-order valence-corrected chi connectivity index (χ1v) is 17.0. The number of fused-ring (bicyclic) bond motifs is 1. The number of anilines is 1. The van der Waals surface area contributed by atoms with Crippen LogP contribution in [0.15, 0.2) is 52.2 Å². The lowest BCUT2D eigenvalue weighted by molar-refractivity contribution is -0.119. The Morgan fingerprint density at radius 2 is 1.92 bits per heavy atom. The van der Waals surface area contributed by atoms with Crippen LogP contribution in [0.5, 0.6) is 5.88 Å². The van der Waals surface area contributed by atoms with E-state index in [-0.39, 0.29) is 39.2 Å². The third kappa shape index (κ3) is 5.79. The van der Waals surface area contributed by atoms with Crippen LogP contribution in [-0.2, 0) is 25.3 Å². The van der Waals surface area contributed by atoms with Crippen LogP contribution >= 0.6 is 11.6 Å². The van der Waals surface area contributed by atoms with Gasteiger partial charge in [-0.3, -0.25) is 19.0 Å². The lowest BCUT2D eigenvalue weighted by Gasteiger charge is -2.26. The highest BCUT2D eigenvalue weighted by molar-refractivity contribution is 6.36. The van der Waals surface area contributed by atoms with Gasteiger partial charge in [0.25, 0.3) is 11.5 Å². The maximum atomic E-state index is 15.6. The number of carbonyl (C=O) groups excluding carboxylic acids is 2. The van der Waals surface area contributed by atoms with Crippen LogP contribution in [0.2, 0.25) is 5.02 Å². The summed E-state index contributed by atoms with van der Waals surface area (Å²) in [7, 11) is 4.35. The van der Waals surface area contributed by atoms with Crippen molar-refractivity contribution in [3.63, 3.8) is 0 Å². The number of methoxy groups -OCH3 is 1. The van der Waals surface area contributed by atoms with E-state index in [9.17, 15) is 19.2 Å². The van der Waals surface area contributed by atoms with Crippen molar-refractivity contribution in [2.45, 2.75) is 50.5 Å². The number of pyridine rings is 1. The smallest absolute Gasteiger partial charge is 0.330 e. The van der Waals surface area contributed by atoms with Crippen LogP contribution in [0.3, 0.4) is 0 Å². The van der Waals surface area contributed by atoms with Gasteiger partial charge in [0.15, 0.2) is 0 Å². The van der Waals surface area contributed by atoms with E-state index in [2.05, 4.69) is 15.5 Å². The maximum Gasteiger partial charge on any atom is 0.330 e. The van der Waals surface area contributed by atoms with Gasteiger partial charge in [-0.1, -0.05) is 29.8 Å². The summed E-state index contributed by atoms with van der Waals surface area (Å²) in [5.74, 6) is -0.347. The van der Waals surface area contributed by atoms with Crippen molar-refractivity contribution in [1.82, 2.24) is 24.3 Å². The van der Waals surface area contributed by atoms with Crippen LogP contribution < -0.4 is 26.6 Å². The average Bonchev–Trinajstić information content (AvgIpc) is 3.81. The second-order valence-corrected chi connectivity index (χ2v) is 14.0. The van der Waals surface area contributed by atoms with E-state index in [1.807, 2.05) is 12.1 Å². The number of hydrogen-bond acceptors (Lipinski definition) is 7. The molecule has 1 aliphatic carbocycles. The van der Waals surface area contributed by atoms with Crippen LogP contribution in [0, 0.1) is 12.7 Å². The van der Waals surface area contributed by atoms with E-state index in [1.54, 1.807) is 26.2 Å². The molecule has 2 aliphatic heterocycles. The molecule has 2 aromatic carbocycles. The number of amides is 2. The summed E-state index contributed by atoms with van der Waals surface area (Å²) >= 11 is 7.06. The summed E-state index contributed by atoms with van der Waals surface area (Å²) < 4.78 is 23.5. The molecule has 4 aromatic rings. The van der Waals surface area contributed by atoms with Gasteiger partial charge in [-0.25, -0.2) is 14.2 Å². The quantitative estimate of drug-likeness (QED) is 0.290. The number of carbonyl (C=O) groups is 2. The summed E-state index contributed by atoms with van der Waals surface area (Å²) in [5.41, 5.74) is 3.10. The van der Waals surface area contributed by atoms with Crippen LogP contribution in [-0.4, -0.2) is 63.1 Å². The number of aryl methyl sites for hydroxylation is 2. The lowest BCUT2D eigenvalue weighted by atomic mass is 9.95. The molecule has 2 fully saturated rings. The molecule has 2 N–H and O–H groups in total. The van der Waals surface area contributed by atoms with Gasteiger partial charge >= 0.3 is 5.69 Å². The number of halogens is 2. The Balaban J connectivity index is 1.18. The summed E-state index contributed by atoms with van der Waals surface area (Å²) in [4.78, 5) is 57.3. The Morgan fingerprint density at radius 1 is 1.14 bits per heavy atom. The van der Waals surface area contributed by atoms with Crippen molar-refractivity contribution in [3.05, 3.63) is 96.5 Å². The Labute approximate surface area is 293 Å². The molecule has 0 bridgehead atoms. The van der Waals surface area contributed by atoms with Gasteiger partial charge in [-0.15, -0.1) is 0 Å². The fourth-order valence-electron chi connectivity index (χ4n) is 7.90. The molecule has 2 saturated heterocycles. The summed E-state index contributed by atoms with van der Waals surface area (Å²) in [6.45, 7) is 4.32. The third-order valence-corrected chi connectivity index (χ3v) is 10.9. The zero-order chi connectivity index (χ0) is 35.5. The van der Waals surface area contributed by atoms with Gasteiger partial charge in [0.05, 0.1) is 23.4 Å². The molecule has 13 heteroatoms. The Hall–Kier alpha value is -4.81. The van der Waals surface area contributed by atoms with Crippen molar-refractivity contribution in [2.75, 3.05) is 32.1 Å². The van der Waals surface area contributed by atoms with Crippen LogP contribution in [0.1, 0.15) is 58.6 Å². The zero-order valence-corrected chi connectivity index (χ0v) is 29.1. The standard InChI is InChI=1S/C37H38ClFN6O5/c1-20-27(40-33(47)25-18-43(2)36(49)44(3)35(25)48)11-10-26(39)30(20)24-7-5-6-23(32(24)38)28-16-21-8-9-22(31(21)34(41-28)50-4)17-45-15-14-37(19-45)13-12-29(46)42-37/h5-7,10-11,16,18,22H,8-9,12-15,17,19H2,1-4H3,(H,40,47)(H,42,46)/t22-,37+/m1/s1. The van der Waals surface area contributed by atoms with Crippen LogP contribution in [0.4, 0.5) is 10.1 Å². The number of benzene rings is 2. The highest BCUT2D eigenvalue weighted by Crippen LogP contribution is 2.45. The molecule has 0 unspecified atom stereocenters. The molecule has 0 saturated carbocycles. The van der Waals surface area contributed by atoms with E-state index in [1.165, 1.54) is 32.4 Å². The number of nitrogens with one attached hydrogen (secondary N) is 2. The van der Waals surface area contributed by atoms with Crippen molar-refractivity contribution in [2.24, 2.45) is 14.1 Å². The first-order chi connectivity index (χ1) is 23.9. The van der Waals surface area contributed by atoms with Crippen molar-refractivity contribution >= 4 is 29.1 Å². The molecular formula is C37H38ClFN6O5. The zero-order valence-electron chi connectivity index (χ0n) is 28.4. The molecule has 0 radical (unpaired) electrons. The number of hydrogen-bond donors (Lipinski definition) is 2. The minimum absolute atomic E-state index is 0.100. The number of aromatic nitrogens is 3. The van der Waals surface area contributed by atoms with Crippen molar-refractivity contribution in [3.8, 4) is 28.3 Å². The van der Waals surface area contributed by atoms with Crippen LogP contribution in [0.25, 0.3) is 22.4 Å². The Bertz CT molecular complexity index is 2200. The largest absolute Gasteiger partial charge is 0.481 e. The number of ether oxygens (including phenoxy) is 1. The second-order valence-electron chi connectivity index (χ2n) is 13.7. The molecule has 4 heterocycles. The number of likely N-dealkylation sites (tertiary alicyclic amines) is 1. The van der Waals surface area contributed by atoms with Gasteiger partial charge in [0.2, 0.25) is 11.8 Å². The molecule has 7 rings (SSSR count). The molecule has 260 valence electrons. The highest BCUT2D eigenvalue weighted by Gasteiger charge is 2.44. The first kappa shape index (κ1) is 33.7. The second kappa shape index (κ2) is 12.8. The average molecular weight is 701 g/mol. The summed E-state index contributed by atoms with van der Waals surface area (Å²) in [5, 5.41) is 6.20. The van der Waals surface area contributed by atoms with E-state index < -0.39 is 23.0 Å². The van der Waals surface area contributed by atoms with E-state index >= 15 is 4.39 Å². The first-order valence-electron chi connectivity index (χ1n) is 16.7. The number of rotatable bonds is 7. The fraction of sp³-hybridized carbons (Fsp3) is 0.378. The van der Waals surface area contributed by atoms with Gasteiger partial charge in [-0.05, 0) is 61.9 Å². The monoisotopic (exact) mass is 700 g/mol. The van der Waals surface area contributed by atoms with E-state index in [0.29, 0.717) is 34.7 Å². The minimum Gasteiger partial charge on any atom is -0.481 e. The molecule has 50 heavy (non-hydrogen) atoms. The maximum absolute atomic E-state index is 15.6. The molecule has 2 amide bonds. The van der Waals surface area contributed by atoms with Gasteiger partial charge in [0.1, 0.15) is 11.4 Å². The van der Waals surface area contributed by atoms with Gasteiger partial charge in [0, 0.05) is 80.2 Å². The highest BCUT2D eigenvalue weighted by atomic mass is 35.5. The lowest BCUT2D eigenvalue weighted by Crippen LogP contribution is -2.44. The Morgan fingerprint density at radius 3 is 2.66 bits per heavy atom. The van der Waals surface area contributed by atoms with E-state index in [4.69, 9.17) is 21.3 Å². The predicted molar refractivity (Wildman–Crippen MR) is 188 cm³/mol. The van der Waals surface area contributed by atoms with Crippen molar-refractivity contribution < 1.29 is 18.7 Å². The third-order valence-electron chi connectivity index (χ3n) is 10.5. The van der Waals surface area contributed by atoms with Crippen molar-refractivity contribution in [1.29, 1.82) is 0 Å². The SMILES string of the molecule is COc1nc(-c2cccc(-c3c(F)ccc(NC(=O)c4cn(C)c(=O)n(C)c4=O)c3C)c2Cl)cc2c1[C@@H](CN1CC[C@@]3(CCC(=O)N3)C1)CC2. The molecule has 11 nitrogen and oxygen atoms in total. The normalized spacial score (nSPS) is 20.0. The Kier molecular flexibility index (Phi) is 8.63. The molecule has 2 aromatic heterocycles. The van der Waals surface area contributed by atoms with Gasteiger partial charge < -0.3 is 24.8 Å². The topological polar surface area (TPSA) is 128 Å². The summed E-state index contributed by atoms with van der Waals surface area (Å²) in [6.07, 6.45) is 5.43. The predicted octanol–water partition coefficient (Wildman–Crippen LogP) is 4.56.